The van der Waals surface area contributed by atoms with Gasteiger partial charge >= 0.3 is 0 Å². The molecule has 0 saturated carbocycles. The minimum Gasteiger partial charge on any atom is -0.342 e. The highest BCUT2D eigenvalue weighted by Crippen LogP contribution is 2.28. The lowest BCUT2D eigenvalue weighted by Gasteiger charge is -2.22. The minimum atomic E-state index is -0.416. The van der Waals surface area contributed by atoms with Crippen LogP contribution in [0.5, 0.6) is 0 Å². The number of aromatic nitrogens is 3. The number of allylic oxidation sites excluding steroid dienone is 1. The molecule has 8 nitrogen and oxygen atoms in total. The first-order valence-corrected chi connectivity index (χ1v) is 11.6. The third-order valence-corrected chi connectivity index (χ3v) is 6.16. The molecule has 1 amide bonds. The molecular weight excluding hydrogens is 438 g/mol. The molecule has 9 heteroatoms. The first-order chi connectivity index (χ1) is 15.8. The zero-order valence-corrected chi connectivity index (χ0v) is 19.7. The van der Waals surface area contributed by atoms with Gasteiger partial charge in [-0.3, -0.25) is 14.9 Å². The molecule has 0 saturated heterocycles. The number of benzene rings is 2. The van der Waals surface area contributed by atoms with Gasteiger partial charge in [0.15, 0.2) is 11.0 Å². The fourth-order valence-corrected chi connectivity index (χ4v) is 4.17. The van der Waals surface area contributed by atoms with Crippen LogP contribution in [0.15, 0.2) is 66.3 Å². The predicted octanol–water partition coefficient (Wildman–Crippen LogP) is 5.10. The van der Waals surface area contributed by atoms with Crippen molar-refractivity contribution in [3.05, 3.63) is 93.8 Å². The molecule has 0 bridgehead atoms. The van der Waals surface area contributed by atoms with Crippen LogP contribution in [0.4, 0.5) is 5.69 Å². The van der Waals surface area contributed by atoms with Crippen LogP contribution in [-0.4, -0.2) is 25.6 Å². The van der Waals surface area contributed by atoms with Crippen LogP contribution in [0.3, 0.4) is 0 Å². The van der Waals surface area contributed by atoms with Gasteiger partial charge in [0, 0.05) is 30.0 Å². The Morgan fingerprint density at radius 1 is 1.18 bits per heavy atom. The molecule has 0 fully saturated rings. The number of non-ortho nitro benzene ring substituents is 1. The maximum absolute atomic E-state index is 12.9. The van der Waals surface area contributed by atoms with E-state index in [9.17, 15) is 14.9 Å². The number of hydrogen-bond acceptors (Lipinski definition) is 6. The van der Waals surface area contributed by atoms with Gasteiger partial charge in [0.05, 0.1) is 11.0 Å². The van der Waals surface area contributed by atoms with Crippen molar-refractivity contribution < 1.29 is 9.72 Å². The first kappa shape index (κ1) is 24.2. The molecule has 1 atom stereocenters. The van der Waals surface area contributed by atoms with E-state index >= 15 is 0 Å². The molecule has 0 aliphatic heterocycles. The Morgan fingerprint density at radius 3 is 2.42 bits per heavy atom. The van der Waals surface area contributed by atoms with E-state index in [0.717, 1.165) is 11.1 Å². The Kier molecular flexibility index (Phi) is 8.00. The highest BCUT2D eigenvalue weighted by atomic mass is 32.2. The molecule has 0 aliphatic rings. The Labute approximate surface area is 197 Å². The molecule has 0 spiro atoms. The summed E-state index contributed by atoms with van der Waals surface area (Å²) in [4.78, 5) is 23.3. The molecule has 3 aromatic rings. The number of amides is 1. The summed E-state index contributed by atoms with van der Waals surface area (Å²) in [6, 6.07) is 13.6. The standard InChI is InChI=1S/C24H27N5O3S/c1-5-14-28-22(21(16(2)3)25-23(30)19-10-6-17(4)7-11-19)26-27-24(28)33-15-18-8-12-20(13-9-18)29(31)32/h5-13,16,21H,1,14-15H2,2-4H3,(H,25,30)/t21-/m0/s1. The van der Waals surface area contributed by atoms with Gasteiger partial charge in [-0.1, -0.05) is 61.5 Å². The molecule has 1 aromatic heterocycles. The van der Waals surface area contributed by atoms with Gasteiger partial charge in [0.2, 0.25) is 0 Å². The normalized spacial score (nSPS) is 11.9. The maximum atomic E-state index is 12.9. The predicted molar refractivity (Wildman–Crippen MR) is 129 cm³/mol. The van der Waals surface area contributed by atoms with Crippen molar-refractivity contribution in [2.24, 2.45) is 5.92 Å². The third-order valence-electron chi connectivity index (χ3n) is 5.12. The van der Waals surface area contributed by atoms with Gasteiger partial charge in [-0.05, 0) is 30.5 Å². The Balaban J connectivity index is 1.80. The van der Waals surface area contributed by atoms with Crippen molar-refractivity contribution in [3.63, 3.8) is 0 Å². The number of carbonyl (C=O) groups is 1. The van der Waals surface area contributed by atoms with Gasteiger partial charge < -0.3 is 9.88 Å². The quantitative estimate of drug-likeness (QED) is 0.193. The lowest BCUT2D eigenvalue weighted by atomic mass is 10.0. The van der Waals surface area contributed by atoms with Crippen molar-refractivity contribution in [2.45, 2.75) is 44.3 Å². The van der Waals surface area contributed by atoms with Crippen LogP contribution in [0.25, 0.3) is 0 Å². The summed E-state index contributed by atoms with van der Waals surface area (Å²) >= 11 is 1.48. The molecule has 1 heterocycles. The van der Waals surface area contributed by atoms with Crippen molar-refractivity contribution in [2.75, 3.05) is 0 Å². The third kappa shape index (κ3) is 6.07. The van der Waals surface area contributed by atoms with Crippen LogP contribution in [0.2, 0.25) is 0 Å². The Morgan fingerprint density at radius 2 is 1.85 bits per heavy atom. The molecule has 0 unspecified atom stereocenters. The number of hydrogen-bond donors (Lipinski definition) is 1. The second-order valence-electron chi connectivity index (χ2n) is 8.01. The topological polar surface area (TPSA) is 103 Å². The summed E-state index contributed by atoms with van der Waals surface area (Å²) < 4.78 is 1.95. The second kappa shape index (κ2) is 10.9. The van der Waals surface area contributed by atoms with Crippen LogP contribution < -0.4 is 5.32 Å². The molecule has 2 aromatic carbocycles. The summed E-state index contributed by atoms with van der Waals surface area (Å²) in [7, 11) is 0. The van der Waals surface area contributed by atoms with Gasteiger partial charge in [-0.25, -0.2) is 0 Å². The monoisotopic (exact) mass is 465 g/mol. The minimum absolute atomic E-state index is 0.0601. The van der Waals surface area contributed by atoms with E-state index in [1.54, 1.807) is 18.2 Å². The molecule has 0 radical (unpaired) electrons. The average Bonchev–Trinajstić information content (AvgIpc) is 3.18. The Hall–Kier alpha value is -3.46. The number of carbonyl (C=O) groups excluding carboxylic acids is 1. The molecular formula is C24H27N5O3S. The van der Waals surface area contributed by atoms with Crippen molar-refractivity contribution in [1.29, 1.82) is 0 Å². The van der Waals surface area contributed by atoms with E-state index in [4.69, 9.17) is 0 Å². The number of nitro benzene ring substituents is 1. The van der Waals surface area contributed by atoms with Gasteiger partial charge in [0.1, 0.15) is 0 Å². The Bertz CT molecular complexity index is 1120. The summed E-state index contributed by atoms with van der Waals surface area (Å²) in [5.74, 6) is 1.16. The lowest BCUT2D eigenvalue weighted by molar-refractivity contribution is -0.384. The molecule has 3 rings (SSSR count). The maximum Gasteiger partial charge on any atom is 0.269 e. The van der Waals surface area contributed by atoms with E-state index in [1.807, 2.05) is 49.6 Å². The number of rotatable bonds is 10. The van der Waals surface area contributed by atoms with Gasteiger partial charge in [-0.2, -0.15) is 0 Å². The highest BCUT2D eigenvalue weighted by Gasteiger charge is 2.26. The molecule has 1 N–H and O–H groups in total. The number of aryl methyl sites for hydroxylation is 1. The average molecular weight is 466 g/mol. The number of nitrogens with zero attached hydrogens (tertiary/aromatic N) is 4. The SMILES string of the molecule is C=CCn1c(SCc2ccc([N+](=O)[O-])cc2)nnc1[C@@H](NC(=O)c1ccc(C)cc1)C(C)C. The number of nitro groups is 1. The van der Waals surface area contributed by atoms with Gasteiger partial charge in [0.25, 0.3) is 11.6 Å². The summed E-state index contributed by atoms with van der Waals surface area (Å²) in [5.41, 5.74) is 2.68. The first-order valence-electron chi connectivity index (χ1n) is 10.6. The van der Waals surface area contributed by atoms with E-state index < -0.39 is 4.92 Å². The van der Waals surface area contributed by atoms with Crippen LogP contribution in [0, 0.1) is 23.0 Å². The second-order valence-corrected chi connectivity index (χ2v) is 8.96. The fraction of sp³-hybridized carbons (Fsp3) is 0.292. The van der Waals surface area contributed by atoms with E-state index in [2.05, 4.69) is 22.1 Å². The van der Waals surface area contributed by atoms with E-state index in [-0.39, 0.29) is 23.6 Å². The van der Waals surface area contributed by atoms with E-state index in [1.165, 1.54) is 23.9 Å². The van der Waals surface area contributed by atoms with Crippen LogP contribution in [0.1, 0.15) is 47.2 Å². The summed E-state index contributed by atoms with van der Waals surface area (Å²) in [6.45, 7) is 10.4. The smallest absolute Gasteiger partial charge is 0.269 e. The van der Waals surface area contributed by atoms with Crippen molar-refractivity contribution in [3.8, 4) is 0 Å². The van der Waals surface area contributed by atoms with Crippen LogP contribution in [-0.2, 0) is 12.3 Å². The van der Waals surface area contributed by atoms with Crippen molar-refractivity contribution >= 4 is 23.4 Å². The lowest BCUT2D eigenvalue weighted by Crippen LogP contribution is -2.33. The zero-order chi connectivity index (χ0) is 24.0. The number of thioether (sulfide) groups is 1. The summed E-state index contributed by atoms with van der Waals surface area (Å²) in [5, 5.41) is 23.4. The zero-order valence-electron chi connectivity index (χ0n) is 18.9. The largest absolute Gasteiger partial charge is 0.342 e. The van der Waals surface area contributed by atoms with Gasteiger partial charge in [-0.15, -0.1) is 16.8 Å². The van der Waals surface area contributed by atoms with E-state index in [0.29, 0.717) is 28.8 Å². The summed E-state index contributed by atoms with van der Waals surface area (Å²) in [6.07, 6.45) is 1.77. The van der Waals surface area contributed by atoms with Crippen molar-refractivity contribution in [1.82, 2.24) is 20.1 Å². The molecule has 172 valence electrons. The highest BCUT2D eigenvalue weighted by molar-refractivity contribution is 7.98. The molecule has 0 aliphatic carbocycles. The fourth-order valence-electron chi connectivity index (χ4n) is 3.26. The van der Waals surface area contributed by atoms with Crippen LogP contribution >= 0.6 is 11.8 Å². The number of nitrogens with one attached hydrogen (secondary N) is 1. The molecule has 33 heavy (non-hydrogen) atoms.